The molecule has 2 aromatic rings. The van der Waals surface area contributed by atoms with Crippen molar-refractivity contribution in [3.05, 3.63) is 51.9 Å². The van der Waals surface area contributed by atoms with Crippen LogP contribution in [0.3, 0.4) is 0 Å². The van der Waals surface area contributed by atoms with Crippen molar-refractivity contribution in [1.29, 1.82) is 0 Å². The van der Waals surface area contributed by atoms with E-state index in [-0.39, 0.29) is 22.9 Å². The van der Waals surface area contributed by atoms with E-state index >= 15 is 0 Å². The zero-order valence-corrected chi connectivity index (χ0v) is 9.86. The number of benzene rings is 1. The molecule has 0 radical (unpaired) electrons. The molecule has 1 aromatic carbocycles. The summed E-state index contributed by atoms with van der Waals surface area (Å²) in [7, 11) is 0. The lowest BCUT2D eigenvalue weighted by Gasteiger charge is -2.07. The smallest absolute Gasteiger partial charge is 0.275 e. The Labute approximate surface area is 106 Å². The van der Waals surface area contributed by atoms with Gasteiger partial charge in [-0.3, -0.25) is 4.79 Å². The van der Waals surface area contributed by atoms with Gasteiger partial charge < -0.3 is 5.11 Å². The molecule has 0 atom stereocenters. The second-order valence-electron chi connectivity index (χ2n) is 3.48. The molecule has 0 fully saturated rings. The average Bonchev–Trinajstić information content (AvgIpc) is 2.33. The molecular formula is C11H8F2N2O2S. The summed E-state index contributed by atoms with van der Waals surface area (Å²) in [5.74, 6) is -2.27. The molecule has 0 aliphatic heterocycles. The van der Waals surface area contributed by atoms with E-state index in [0.717, 1.165) is 22.9 Å². The molecule has 1 N–H and O–H groups in total. The molecule has 0 amide bonds. The molecule has 0 bridgehead atoms. The molecule has 1 heterocycles. The minimum Gasteiger partial charge on any atom is -0.506 e. The number of nitrogens with zero attached hydrogens (tertiary/aromatic N) is 2. The Kier molecular flexibility index (Phi) is 3.33. The second kappa shape index (κ2) is 4.77. The molecule has 2 rings (SSSR count). The van der Waals surface area contributed by atoms with Crippen molar-refractivity contribution in [3.63, 3.8) is 0 Å². The van der Waals surface area contributed by atoms with Crippen LogP contribution in [-0.2, 0) is 5.75 Å². The molecule has 4 nitrogen and oxygen atoms in total. The highest BCUT2D eigenvalue weighted by atomic mass is 32.1. The average molecular weight is 270 g/mol. The Morgan fingerprint density at radius 2 is 2.00 bits per heavy atom. The lowest BCUT2D eigenvalue weighted by molar-refractivity contribution is 0.460. The van der Waals surface area contributed by atoms with E-state index in [1.807, 2.05) is 0 Å². The largest absolute Gasteiger partial charge is 0.506 e. The van der Waals surface area contributed by atoms with Crippen LogP contribution in [0.5, 0.6) is 5.75 Å². The Balaban J connectivity index is 2.63. The zero-order chi connectivity index (χ0) is 13.3. The maximum absolute atomic E-state index is 13.1. The highest BCUT2D eigenvalue weighted by molar-refractivity contribution is 7.79. The van der Waals surface area contributed by atoms with Gasteiger partial charge in [0.2, 0.25) is 0 Å². The van der Waals surface area contributed by atoms with Gasteiger partial charge in [-0.05, 0) is 12.1 Å². The van der Waals surface area contributed by atoms with Crippen LogP contribution in [0.1, 0.15) is 5.69 Å². The minimum atomic E-state index is -1.08. The van der Waals surface area contributed by atoms with Crippen LogP contribution >= 0.6 is 12.6 Å². The fraction of sp³-hybridized carbons (Fsp3) is 0.0909. The number of halogens is 2. The van der Waals surface area contributed by atoms with Crippen LogP contribution in [-0.4, -0.2) is 14.9 Å². The van der Waals surface area contributed by atoms with Gasteiger partial charge in [-0.25, -0.2) is 8.78 Å². The lowest BCUT2D eigenvalue weighted by atomic mass is 10.3. The van der Waals surface area contributed by atoms with Gasteiger partial charge in [-0.1, -0.05) is 0 Å². The summed E-state index contributed by atoms with van der Waals surface area (Å²) in [4.78, 5) is 11.6. The van der Waals surface area contributed by atoms with Crippen molar-refractivity contribution in [3.8, 4) is 11.4 Å². The van der Waals surface area contributed by atoms with Crippen LogP contribution in [0.4, 0.5) is 8.78 Å². The second-order valence-corrected chi connectivity index (χ2v) is 3.80. The van der Waals surface area contributed by atoms with Crippen molar-refractivity contribution in [1.82, 2.24) is 9.78 Å². The van der Waals surface area contributed by atoms with Crippen molar-refractivity contribution in [2.75, 3.05) is 0 Å². The molecule has 18 heavy (non-hydrogen) atoms. The summed E-state index contributed by atoms with van der Waals surface area (Å²) in [5, 5.41) is 13.2. The summed E-state index contributed by atoms with van der Waals surface area (Å²) >= 11 is 3.94. The standard InChI is InChI=1S/C11H8F2N2O2S/c12-7-2-1-6(3-8(7)13)15-11(17)4-10(16)9(5-18)14-15/h1-4,16,18H,5H2. The van der Waals surface area contributed by atoms with Crippen LogP contribution in [0, 0.1) is 11.6 Å². The summed E-state index contributed by atoms with van der Waals surface area (Å²) in [6, 6.07) is 3.90. The summed E-state index contributed by atoms with van der Waals surface area (Å²) < 4.78 is 26.7. The van der Waals surface area contributed by atoms with Crippen LogP contribution in [0.25, 0.3) is 5.69 Å². The van der Waals surface area contributed by atoms with Crippen molar-refractivity contribution >= 4 is 12.6 Å². The monoisotopic (exact) mass is 270 g/mol. The Bertz CT molecular complexity index is 658. The van der Waals surface area contributed by atoms with Crippen molar-refractivity contribution < 1.29 is 13.9 Å². The number of aromatic nitrogens is 2. The van der Waals surface area contributed by atoms with E-state index in [0.29, 0.717) is 0 Å². The van der Waals surface area contributed by atoms with Gasteiger partial charge in [0.05, 0.1) is 5.69 Å². The summed E-state index contributed by atoms with van der Waals surface area (Å²) in [6.45, 7) is 0. The first-order valence-electron chi connectivity index (χ1n) is 4.91. The van der Waals surface area contributed by atoms with E-state index in [1.54, 1.807) is 0 Å². The Morgan fingerprint density at radius 1 is 1.28 bits per heavy atom. The summed E-state index contributed by atoms with van der Waals surface area (Å²) in [5.41, 5.74) is -0.409. The molecule has 0 aliphatic carbocycles. The van der Waals surface area contributed by atoms with Gasteiger partial charge in [0.25, 0.3) is 5.56 Å². The maximum Gasteiger partial charge on any atom is 0.275 e. The van der Waals surface area contributed by atoms with E-state index < -0.39 is 17.2 Å². The molecule has 0 unspecified atom stereocenters. The molecule has 7 heteroatoms. The molecule has 94 valence electrons. The van der Waals surface area contributed by atoms with Gasteiger partial charge in [0.1, 0.15) is 11.4 Å². The van der Waals surface area contributed by atoms with Crippen LogP contribution in [0.2, 0.25) is 0 Å². The SMILES string of the molecule is O=c1cc(O)c(CS)nn1-c1ccc(F)c(F)c1. The van der Waals surface area contributed by atoms with Gasteiger partial charge in [-0.2, -0.15) is 22.4 Å². The first-order chi connectivity index (χ1) is 8.52. The van der Waals surface area contributed by atoms with Crippen molar-refractivity contribution in [2.45, 2.75) is 5.75 Å². The first-order valence-corrected chi connectivity index (χ1v) is 5.54. The molecule has 0 spiro atoms. The van der Waals surface area contributed by atoms with Crippen LogP contribution < -0.4 is 5.56 Å². The van der Waals surface area contributed by atoms with Gasteiger partial charge >= 0.3 is 0 Å². The third-order valence-electron chi connectivity index (χ3n) is 2.28. The fourth-order valence-corrected chi connectivity index (χ4v) is 1.62. The normalized spacial score (nSPS) is 10.6. The fourth-order valence-electron chi connectivity index (χ4n) is 1.40. The quantitative estimate of drug-likeness (QED) is 0.816. The van der Waals surface area contributed by atoms with Crippen molar-refractivity contribution in [2.24, 2.45) is 0 Å². The lowest BCUT2D eigenvalue weighted by Crippen LogP contribution is -2.21. The molecule has 0 saturated heterocycles. The van der Waals surface area contributed by atoms with E-state index in [2.05, 4.69) is 17.7 Å². The van der Waals surface area contributed by atoms with E-state index in [1.165, 1.54) is 6.07 Å². The number of aromatic hydroxyl groups is 1. The predicted molar refractivity (Wildman–Crippen MR) is 64.1 cm³/mol. The van der Waals surface area contributed by atoms with E-state index in [9.17, 15) is 18.7 Å². The first kappa shape index (κ1) is 12.6. The molecule has 0 saturated carbocycles. The van der Waals surface area contributed by atoms with Gasteiger partial charge in [0.15, 0.2) is 11.6 Å². The van der Waals surface area contributed by atoms with E-state index in [4.69, 9.17) is 0 Å². The number of hydrogen-bond donors (Lipinski definition) is 2. The third kappa shape index (κ3) is 2.21. The Morgan fingerprint density at radius 3 is 2.61 bits per heavy atom. The zero-order valence-electron chi connectivity index (χ0n) is 8.97. The third-order valence-corrected chi connectivity index (χ3v) is 2.58. The molecule has 0 aliphatic rings. The highest BCUT2D eigenvalue weighted by Gasteiger charge is 2.10. The maximum atomic E-state index is 13.1. The molecular weight excluding hydrogens is 262 g/mol. The number of rotatable bonds is 2. The number of thiol groups is 1. The Hall–Kier alpha value is -1.89. The minimum absolute atomic E-state index is 0.0712. The van der Waals surface area contributed by atoms with Crippen LogP contribution in [0.15, 0.2) is 29.1 Å². The molecule has 1 aromatic heterocycles. The van der Waals surface area contributed by atoms with Gasteiger partial charge in [0, 0.05) is 17.9 Å². The number of hydrogen-bond acceptors (Lipinski definition) is 4. The summed E-state index contributed by atoms with van der Waals surface area (Å²) in [6.07, 6.45) is 0. The topological polar surface area (TPSA) is 55.1 Å². The van der Waals surface area contributed by atoms with Gasteiger partial charge in [-0.15, -0.1) is 0 Å². The highest BCUT2D eigenvalue weighted by Crippen LogP contribution is 2.15. The predicted octanol–water partition coefficient (Wildman–Crippen LogP) is 1.65.